The molecule has 4 nitrogen and oxygen atoms in total. The van der Waals surface area contributed by atoms with Gasteiger partial charge in [0.2, 0.25) is 0 Å². The van der Waals surface area contributed by atoms with Crippen LogP contribution in [0.25, 0.3) is 0 Å². The van der Waals surface area contributed by atoms with E-state index < -0.39 is 0 Å². The molecular formula is C18H22BrN3O. The van der Waals surface area contributed by atoms with Crippen molar-refractivity contribution in [3.8, 4) is 0 Å². The highest BCUT2D eigenvalue weighted by atomic mass is 79.9. The fourth-order valence-electron chi connectivity index (χ4n) is 3.22. The number of nitrogens with one attached hydrogen (secondary N) is 1. The maximum absolute atomic E-state index is 5.60. The number of nitrogens with zero attached hydrogens (tertiary/aromatic N) is 2. The summed E-state index contributed by atoms with van der Waals surface area (Å²) in [5.74, 6) is 1.70. The average Bonchev–Trinajstić information content (AvgIpc) is 2.53. The Morgan fingerprint density at radius 2 is 1.96 bits per heavy atom. The maximum atomic E-state index is 5.60. The van der Waals surface area contributed by atoms with Gasteiger partial charge in [0.15, 0.2) is 0 Å². The normalized spacial score (nSPS) is 17.0. The van der Waals surface area contributed by atoms with Crippen LogP contribution in [0.1, 0.15) is 29.9 Å². The number of hydrogen-bond acceptors (Lipinski definition) is 4. The number of hydrogen-bond donors (Lipinski definition) is 1. The second kappa shape index (κ2) is 6.97. The monoisotopic (exact) mass is 375 g/mol. The molecule has 0 radical (unpaired) electrons. The molecule has 0 amide bonds. The molecule has 2 heterocycles. The fourth-order valence-corrected chi connectivity index (χ4v) is 3.61. The summed E-state index contributed by atoms with van der Waals surface area (Å²) < 4.78 is 6.72. The van der Waals surface area contributed by atoms with E-state index in [1.165, 1.54) is 5.56 Å². The van der Waals surface area contributed by atoms with E-state index in [1.54, 1.807) is 0 Å². The number of anilines is 1. The molecule has 0 atom stereocenters. The van der Waals surface area contributed by atoms with Crippen LogP contribution < -0.4 is 5.32 Å². The van der Waals surface area contributed by atoms with E-state index in [0.717, 1.165) is 54.4 Å². The lowest BCUT2D eigenvalue weighted by molar-refractivity contribution is 0.0543. The van der Waals surface area contributed by atoms with Gasteiger partial charge in [0.25, 0.3) is 0 Å². The van der Waals surface area contributed by atoms with Crippen LogP contribution in [-0.4, -0.2) is 29.7 Å². The molecule has 2 aromatic rings. The van der Waals surface area contributed by atoms with E-state index in [1.807, 2.05) is 19.9 Å². The third-order valence-corrected chi connectivity index (χ3v) is 4.95. The zero-order chi connectivity index (χ0) is 16.3. The third kappa shape index (κ3) is 3.90. The zero-order valence-corrected chi connectivity index (χ0v) is 15.2. The molecular weight excluding hydrogens is 354 g/mol. The lowest BCUT2D eigenvalue weighted by Crippen LogP contribution is -2.40. The van der Waals surface area contributed by atoms with Crippen molar-refractivity contribution in [2.45, 2.75) is 32.1 Å². The van der Waals surface area contributed by atoms with Gasteiger partial charge in [-0.05, 0) is 44.4 Å². The molecule has 5 heteroatoms. The van der Waals surface area contributed by atoms with Gasteiger partial charge in [-0.15, -0.1) is 0 Å². The molecule has 3 rings (SSSR count). The summed E-state index contributed by atoms with van der Waals surface area (Å²) in [6.07, 6.45) is 2.03. The smallest absolute Gasteiger partial charge is 0.129 e. The number of ether oxygens (including phenoxy) is 1. The van der Waals surface area contributed by atoms with Gasteiger partial charge in [0.1, 0.15) is 11.6 Å². The summed E-state index contributed by atoms with van der Waals surface area (Å²) >= 11 is 3.60. The zero-order valence-electron chi connectivity index (χ0n) is 13.6. The molecule has 23 heavy (non-hydrogen) atoms. The molecule has 0 saturated carbocycles. The summed E-state index contributed by atoms with van der Waals surface area (Å²) in [5.41, 5.74) is 2.42. The number of benzene rings is 1. The first kappa shape index (κ1) is 16.4. The quantitative estimate of drug-likeness (QED) is 0.876. The van der Waals surface area contributed by atoms with Crippen molar-refractivity contribution in [2.75, 3.05) is 25.1 Å². The largest absolute Gasteiger partial charge is 0.381 e. The maximum Gasteiger partial charge on any atom is 0.129 e. The minimum atomic E-state index is 0.0782. The summed E-state index contributed by atoms with van der Waals surface area (Å²) in [6.45, 7) is 6.38. The molecule has 0 unspecified atom stereocenters. The third-order valence-electron chi connectivity index (χ3n) is 4.46. The van der Waals surface area contributed by atoms with Crippen LogP contribution in [-0.2, 0) is 10.2 Å². The second-order valence-electron chi connectivity index (χ2n) is 6.20. The van der Waals surface area contributed by atoms with Gasteiger partial charge in [-0.25, -0.2) is 9.97 Å². The average molecular weight is 376 g/mol. The first-order valence-corrected chi connectivity index (χ1v) is 8.77. The molecule has 1 fully saturated rings. The van der Waals surface area contributed by atoms with Crippen molar-refractivity contribution >= 4 is 21.7 Å². The van der Waals surface area contributed by atoms with E-state index in [0.29, 0.717) is 0 Å². The van der Waals surface area contributed by atoms with Crippen molar-refractivity contribution < 1.29 is 4.74 Å². The van der Waals surface area contributed by atoms with E-state index >= 15 is 0 Å². The highest BCUT2D eigenvalue weighted by molar-refractivity contribution is 9.10. The van der Waals surface area contributed by atoms with E-state index in [9.17, 15) is 0 Å². The first-order chi connectivity index (χ1) is 11.1. The predicted molar refractivity (Wildman–Crippen MR) is 95.9 cm³/mol. The molecule has 0 aliphatic carbocycles. The highest BCUT2D eigenvalue weighted by Crippen LogP contribution is 2.36. The predicted octanol–water partition coefficient (Wildman–Crippen LogP) is 4.02. The van der Waals surface area contributed by atoms with Gasteiger partial charge >= 0.3 is 0 Å². The number of rotatable bonds is 4. The Kier molecular flexibility index (Phi) is 4.97. The van der Waals surface area contributed by atoms with Crippen molar-refractivity contribution in [3.63, 3.8) is 0 Å². The Labute approximate surface area is 145 Å². The molecule has 1 N–H and O–H groups in total. The Balaban J connectivity index is 1.84. The molecule has 122 valence electrons. The van der Waals surface area contributed by atoms with Gasteiger partial charge in [-0.2, -0.15) is 0 Å². The Morgan fingerprint density at radius 3 is 2.65 bits per heavy atom. The first-order valence-electron chi connectivity index (χ1n) is 7.97. The van der Waals surface area contributed by atoms with Crippen LogP contribution in [0, 0.1) is 13.8 Å². The van der Waals surface area contributed by atoms with Crippen molar-refractivity contribution in [2.24, 2.45) is 0 Å². The minimum Gasteiger partial charge on any atom is -0.381 e. The van der Waals surface area contributed by atoms with Crippen LogP contribution in [0.15, 0.2) is 34.8 Å². The Hall–Kier alpha value is -1.46. The molecule has 1 saturated heterocycles. The van der Waals surface area contributed by atoms with Gasteiger partial charge < -0.3 is 10.1 Å². The van der Waals surface area contributed by atoms with Gasteiger partial charge in [-0.3, -0.25) is 0 Å². The van der Waals surface area contributed by atoms with Crippen LogP contribution in [0.3, 0.4) is 0 Å². The topological polar surface area (TPSA) is 47.0 Å². The van der Waals surface area contributed by atoms with E-state index in [2.05, 4.69) is 55.5 Å². The lowest BCUT2D eigenvalue weighted by atomic mass is 9.74. The fraction of sp³-hybridized carbons (Fsp3) is 0.444. The highest BCUT2D eigenvalue weighted by Gasteiger charge is 2.34. The Morgan fingerprint density at radius 1 is 1.17 bits per heavy atom. The summed E-state index contributed by atoms with van der Waals surface area (Å²) in [7, 11) is 0. The standard InChI is InChI=1S/C18H22BrN3O/c1-13-10-17(22-14(2)21-13)20-12-18(6-8-23-9-7-18)15-4-3-5-16(19)11-15/h3-5,10-11H,6-9,12H2,1-2H3,(H,20,21,22). The molecule has 1 aliphatic heterocycles. The number of aryl methyl sites for hydroxylation is 2. The minimum absolute atomic E-state index is 0.0782. The molecule has 1 aromatic carbocycles. The van der Waals surface area contributed by atoms with Gasteiger partial charge in [-0.1, -0.05) is 28.1 Å². The van der Waals surface area contributed by atoms with Crippen molar-refractivity contribution in [1.82, 2.24) is 9.97 Å². The number of halogens is 1. The van der Waals surface area contributed by atoms with Gasteiger partial charge in [0.05, 0.1) is 0 Å². The molecule has 0 bridgehead atoms. The van der Waals surface area contributed by atoms with E-state index in [4.69, 9.17) is 4.74 Å². The summed E-state index contributed by atoms with van der Waals surface area (Å²) in [6, 6.07) is 10.6. The number of aromatic nitrogens is 2. The van der Waals surface area contributed by atoms with Crippen LogP contribution in [0.2, 0.25) is 0 Å². The van der Waals surface area contributed by atoms with Crippen molar-refractivity contribution in [1.29, 1.82) is 0 Å². The van der Waals surface area contributed by atoms with Crippen LogP contribution >= 0.6 is 15.9 Å². The van der Waals surface area contributed by atoms with Crippen LogP contribution in [0.4, 0.5) is 5.82 Å². The molecule has 0 spiro atoms. The summed E-state index contributed by atoms with van der Waals surface area (Å²) in [5, 5.41) is 3.53. The lowest BCUT2D eigenvalue weighted by Gasteiger charge is -2.38. The molecule has 1 aromatic heterocycles. The van der Waals surface area contributed by atoms with Crippen LogP contribution in [0.5, 0.6) is 0 Å². The molecule has 1 aliphatic rings. The van der Waals surface area contributed by atoms with Gasteiger partial charge in [0, 0.05) is 41.4 Å². The summed E-state index contributed by atoms with van der Waals surface area (Å²) in [4.78, 5) is 8.84. The van der Waals surface area contributed by atoms with E-state index in [-0.39, 0.29) is 5.41 Å². The van der Waals surface area contributed by atoms with Crippen molar-refractivity contribution in [3.05, 3.63) is 51.9 Å². The Bertz CT molecular complexity index is 663. The second-order valence-corrected chi connectivity index (χ2v) is 7.11. The SMILES string of the molecule is Cc1cc(NCC2(c3cccc(Br)c3)CCOCC2)nc(C)n1.